The van der Waals surface area contributed by atoms with Gasteiger partial charge in [-0.15, -0.1) is 0 Å². The highest BCUT2D eigenvalue weighted by atomic mass is 32.2. The van der Waals surface area contributed by atoms with Gasteiger partial charge in [-0.05, 0) is 11.6 Å². The fourth-order valence-electron chi connectivity index (χ4n) is 1.16. The lowest BCUT2D eigenvalue weighted by molar-refractivity contribution is 0.596. The minimum atomic E-state index is -3.69. The van der Waals surface area contributed by atoms with E-state index in [-0.39, 0.29) is 5.69 Å². The van der Waals surface area contributed by atoms with Gasteiger partial charge in [0.2, 0.25) is 20.0 Å². The van der Waals surface area contributed by atoms with E-state index in [0.29, 0.717) is 5.56 Å². The van der Waals surface area contributed by atoms with Crippen molar-refractivity contribution in [3.63, 3.8) is 0 Å². The third-order valence-electron chi connectivity index (χ3n) is 1.67. The molecule has 16 heavy (non-hydrogen) atoms. The second-order valence-corrected chi connectivity index (χ2v) is 6.70. The van der Waals surface area contributed by atoms with E-state index in [4.69, 9.17) is 5.14 Å². The van der Waals surface area contributed by atoms with E-state index < -0.39 is 25.8 Å². The molecule has 0 spiro atoms. The molecular weight excluding hydrogens is 252 g/mol. The molecular formula is C8H12N2O4S2. The number of anilines is 1. The van der Waals surface area contributed by atoms with E-state index in [1.165, 1.54) is 12.1 Å². The Hall–Kier alpha value is -1.12. The van der Waals surface area contributed by atoms with E-state index in [2.05, 4.69) is 4.72 Å². The molecule has 0 bridgehead atoms. The quantitative estimate of drug-likeness (QED) is 0.788. The molecule has 0 unspecified atom stereocenters. The van der Waals surface area contributed by atoms with Gasteiger partial charge in [0.1, 0.15) is 0 Å². The summed E-state index contributed by atoms with van der Waals surface area (Å²) >= 11 is 0. The summed E-state index contributed by atoms with van der Waals surface area (Å²) in [6, 6.07) is 6.17. The first-order valence-electron chi connectivity index (χ1n) is 4.23. The zero-order valence-electron chi connectivity index (χ0n) is 8.54. The van der Waals surface area contributed by atoms with Crippen molar-refractivity contribution < 1.29 is 16.8 Å². The van der Waals surface area contributed by atoms with Gasteiger partial charge in [0.25, 0.3) is 0 Å². The van der Waals surface area contributed by atoms with Gasteiger partial charge < -0.3 is 0 Å². The highest BCUT2D eigenvalue weighted by Crippen LogP contribution is 2.17. The molecule has 0 atom stereocenters. The lowest BCUT2D eigenvalue weighted by atomic mass is 10.2. The second-order valence-electron chi connectivity index (χ2n) is 3.34. The van der Waals surface area contributed by atoms with Crippen LogP contribution in [0.15, 0.2) is 24.3 Å². The van der Waals surface area contributed by atoms with Crippen molar-refractivity contribution in [1.29, 1.82) is 0 Å². The molecule has 1 aromatic carbocycles. The van der Waals surface area contributed by atoms with Crippen molar-refractivity contribution in [2.75, 3.05) is 11.0 Å². The Morgan fingerprint density at radius 3 is 2.25 bits per heavy atom. The third-order valence-corrected chi connectivity index (χ3v) is 2.97. The van der Waals surface area contributed by atoms with Gasteiger partial charge in [0.05, 0.1) is 17.7 Å². The van der Waals surface area contributed by atoms with Gasteiger partial charge >= 0.3 is 0 Å². The third kappa shape index (κ3) is 4.60. The van der Waals surface area contributed by atoms with Crippen LogP contribution in [0.4, 0.5) is 5.69 Å². The van der Waals surface area contributed by atoms with Crippen molar-refractivity contribution >= 4 is 25.7 Å². The molecule has 0 aliphatic carbocycles. The topological polar surface area (TPSA) is 106 Å². The van der Waals surface area contributed by atoms with Crippen molar-refractivity contribution in [2.45, 2.75) is 5.75 Å². The fourth-order valence-corrected chi connectivity index (χ4v) is 2.45. The van der Waals surface area contributed by atoms with Crippen LogP contribution in [-0.2, 0) is 25.8 Å². The standard InChI is InChI=1S/C8H12N2O4S2/c1-15(11,12)10-8-5-3-2-4-7(8)6-16(9,13)14/h2-5,10H,6H2,1H3,(H2,9,13,14). The van der Waals surface area contributed by atoms with Crippen molar-refractivity contribution in [2.24, 2.45) is 5.14 Å². The van der Waals surface area contributed by atoms with Gasteiger partial charge in [-0.25, -0.2) is 22.0 Å². The van der Waals surface area contributed by atoms with Crippen LogP contribution in [0.2, 0.25) is 0 Å². The number of hydrogen-bond acceptors (Lipinski definition) is 4. The van der Waals surface area contributed by atoms with Crippen LogP contribution in [0.25, 0.3) is 0 Å². The van der Waals surface area contributed by atoms with E-state index in [1.807, 2.05) is 0 Å². The minimum absolute atomic E-state index is 0.221. The average Bonchev–Trinajstić information content (AvgIpc) is 2.03. The van der Waals surface area contributed by atoms with Crippen LogP contribution in [0.3, 0.4) is 0 Å². The molecule has 0 heterocycles. The lowest BCUT2D eigenvalue weighted by Gasteiger charge is -2.09. The Bertz CT molecular complexity index is 525. The molecule has 1 rings (SSSR count). The Kier molecular flexibility index (Phi) is 3.56. The summed E-state index contributed by atoms with van der Waals surface area (Å²) in [5.74, 6) is -0.411. The summed E-state index contributed by atoms with van der Waals surface area (Å²) < 4.78 is 46.1. The summed E-state index contributed by atoms with van der Waals surface area (Å²) in [5, 5.41) is 4.90. The predicted octanol–water partition coefficient (Wildman–Crippen LogP) is -0.153. The first kappa shape index (κ1) is 12.9. The fraction of sp³-hybridized carbons (Fsp3) is 0.250. The second kappa shape index (κ2) is 4.40. The van der Waals surface area contributed by atoms with Gasteiger partial charge in [-0.1, -0.05) is 18.2 Å². The zero-order chi connectivity index (χ0) is 12.4. The number of nitrogens with one attached hydrogen (secondary N) is 1. The Labute approximate surface area is 94.6 Å². The number of nitrogens with two attached hydrogens (primary N) is 1. The molecule has 0 saturated carbocycles. The Balaban J connectivity index is 3.11. The molecule has 90 valence electrons. The summed E-state index contributed by atoms with van der Waals surface area (Å²) in [4.78, 5) is 0. The van der Waals surface area contributed by atoms with Crippen LogP contribution in [0.1, 0.15) is 5.56 Å². The van der Waals surface area contributed by atoms with Gasteiger partial charge in [-0.2, -0.15) is 0 Å². The minimum Gasteiger partial charge on any atom is -0.283 e. The molecule has 1 aromatic rings. The summed E-state index contributed by atoms with van der Waals surface area (Å²) in [6.07, 6.45) is 0.987. The monoisotopic (exact) mass is 264 g/mol. The lowest BCUT2D eigenvalue weighted by Crippen LogP contribution is -2.17. The molecule has 0 amide bonds. The molecule has 8 heteroatoms. The molecule has 0 saturated heterocycles. The first-order chi connectivity index (χ1) is 7.17. The molecule has 0 fully saturated rings. The van der Waals surface area contributed by atoms with E-state index in [0.717, 1.165) is 6.26 Å². The SMILES string of the molecule is CS(=O)(=O)Nc1ccccc1CS(N)(=O)=O. The van der Waals surface area contributed by atoms with Crippen LogP contribution in [0.5, 0.6) is 0 Å². The Morgan fingerprint density at radius 1 is 1.19 bits per heavy atom. The summed E-state index contributed by atoms with van der Waals surface area (Å²) in [7, 11) is -7.13. The number of rotatable bonds is 4. The van der Waals surface area contributed by atoms with Gasteiger partial charge in [0.15, 0.2) is 0 Å². The smallest absolute Gasteiger partial charge is 0.229 e. The first-order valence-corrected chi connectivity index (χ1v) is 7.84. The number of benzene rings is 1. The zero-order valence-corrected chi connectivity index (χ0v) is 10.2. The maximum absolute atomic E-state index is 11.0. The molecule has 6 nitrogen and oxygen atoms in total. The maximum Gasteiger partial charge on any atom is 0.229 e. The highest BCUT2D eigenvalue weighted by molar-refractivity contribution is 7.92. The highest BCUT2D eigenvalue weighted by Gasteiger charge is 2.11. The van der Waals surface area contributed by atoms with Crippen molar-refractivity contribution in [3.05, 3.63) is 29.8 Å². The predicted molar refractivity (Wildman–Crippen MR) is 61.7 cm³/mol. The average molecular weight is 264 g/mol. The normalized spacial score (nSPS) is 12.4. The molecule has 0 radical (unpaired) electrons. The van der Waals surface area contributed by atoms with Crippen LogP contribution in [0, 0.1) is 0 Å². The number of primary sulfonamides is 1. The van der Waals surface area contributed by atoms with Crippen molar-refractivity contribution in [1.82, 2.24) is 0 Å². The van der Waals surface area contributed by atoms with E-state index in [1.54, 1.807) is 12.1 Å². The molecule has 0 aliphatic heterocycles. The number of para-hydroxylation sites is 1. The number of hydrogen-bond donors (Lipinski definition) is 2. The van der Waals surface area contributed by atoms with Crippen molar-refractivity contribution in [3.8, 4) is 0 Å². The van der Waals surface area contributed by atoms with Gasteiger partial charge in [0, 0.05) is 0 Å². The number of sulfonamides is 2. The summed E-state index contributed by atoms with van der Waals surface area (Å²) in [5.41, 5.74) is 0.537. The van der Waals surface area contributed by atoms with E-state index in [9.17, 15) is 16.8 Å². The van der Waals surface area contributed by atoms with Crippen LogP contribution in [-0.4, -0.2) is 23.1 Å². The van der Waals surface area contributed by atoms with Gasteiger partial charge in [-0.3, -0.25) is 4.72 Å². The van der Waals surface area contributed by atoms with Crippen LogP contribution >= 0.6 is 0 Å². The summed E-state index contributed by atoms with van der Waals surface area (Å²) in [6.45, 7) is 0. The van der Waals surface area contributed by atoms with Crippen LogP contribution < -0.4 is 9.86 Å². The molecule has 0 aromatic heterocycles. The molecule has 3 N–H and O–H groups in total. The largest absolute Gasteiger partial charge is 0.283 e. The maximum atomic E-state index is 11.0. The Morgan fingerprint density at radius 2 is 1.75 bits per heavy atom. The van der Waals surface area contributed by atoms with E-state index >= 15 is 0 Å². The molecule has 0 aliphatic rings.